The van der Waals surface area contributed by atoms with Crippen LogP contribution in [0.4, 0.5) is 0 Å². The first-order valence-electron chi connectivity index (χ1n) is 8.38. The van der Waals surface area contributed by atoms with E-state index < -0.39 is 0 Å². The number of hydrogen-bond acceptors (Lipinski definition) is 4. The molecule has 3 rings (SSSR count). The Balaban J connectivity index is 1.70. The maximum absolute atomic E-state index is 13.0. The minimum atomic E-state index is -0.216. The van der Waals surface area contributed by atoms with Crippen LogP contribution in [0.25, 0.3) is 0 Å². The van der Waals surface area contributed by atoms with Gasteiger partial charge in [0.2, 0.25) is 5.91 Å². The highest BCUT2D eigenvalue weighted by Gasteiger charge is 2.29. The maximum atomic E-state index is 13.0. The Kier molecular flexibility index (Phi) is 5.93. The molecule has 0 saturated carbocycles. The van der Waals surface area contributed by atoms with Crippen molar-refractivity contribution in [2.24, 2.45) is 0 Å². The molecular formula is C18H24N4OS. The van der Waals surface area contributed by atoms with E-state index >= 15 is 0 Å². The fraction of sp³-hybridized carbons (Fsp3) is 0.444. The zero-order valence-electron chi connectivity index (χ0n) is 14.0. The number of nitrogens with one attached hydrogen (secondary N) is 1. The van der Waals surface area contributed by atoms with Crippen LogP contribution < -0.4 is 5.32 Å². The molecule has 1 fully saturated rings. The van der Waals surface area contributed by atoms with Crippen LogP contribution in [0.15, 0.2) is 48.8 Å². The Morgan fingerprint density at radius 2 is 2.00 bits per heavy atom. The number of carbonyl (C=O) groups excluding carboxylic acids is 1. The van der Waals surface area contributed by atoms with Crippen molar-refractivity contribution in [1.82, 2.24) is 20.0 Å². The zero-order chi connectivity index (χ0) is 16.8. The molecule has 2 heterocycles. The summed E-state index contributed by atoms with van der Waals surface area (Å²) in [5.74, 6) is 2.24. The van der Waals surface area contributed by atoms with Gasteiger partial charge in [0.15, 0.2) is 0 Å². The molecule has 1 aliphatic heterocycles. The smallest absolute Gasteiger partial charge is 0.242 e. The fourth-order valence-corrected chi connectivity index (χ4v) is 3.99. The van der Waals surface area contributed by atoms with Gasteiger partial charge in [-0.25, -0.2) is 0 Å². The molecule has 24 heavy (non-hydrogen) atoms. The topological polar surface area (TPSA) is 50.2 Å². The third kappa shape index (κ3) is 4.39. The van der Waals surface area contributed by atoms with E-state index in [1.165, 1.54) is 0 Å². The van der Waals surface area contributed by atoms with Crippen LogP contribution in [-0.2, 0) is 11.3 Å². The summed E-state index contributed by atoms with van der Waals surface area (Å²) in [5, 5.41) is 7.37. The van der Waals surface area contributed by atoms with Crippen LogP contribution in [0.5, 0.6) is 0 Å². The zero-order valence-corrected chi connectivity index (χ0v) is 14.8. The largest absolute Gasteiger partial charge is 0.350 e. The van der Waals surface area contributed by atoms with Crippen molar-refractivity contribution in [1.29, 1.82) is 0 Å². The molecule has 2 atom stereocenters. The molecule has 1 amide bonds. The van der Waals surface area contributed by atoms with Gasteiger partial charge >= 0.3 is 0 Å². The lowest BCUT2D eigenvalue weighted by molar-refractivity contribution is -0.127. The first-order valence-corrected chi connectivity index (χ1v) is 9.54. The van der Waals surface area contributed by atoms with Crippen molar-refractivity contribution in [3.05, 3.63) is 54.4 Å². The average Bonchev–Trinajstić information content (AvgIpc) is 3.10. The molecule has 0 spiro atoms. The highest BCUT2D eigenvalue weighted by atomic mass is 32.2. The van der Waals surface area contributed by atoms with Gasteiger partial charge in [0.25, 0.3) is 0 Å². The van der Waals surface area contributed by atoms with Gasteiger partial charge in [-0.3, -0.25) is 14.4 Å². The number of nitrogens with zero attached hydrogens (tertiary/aromatic N) is 3. The highest BCUT2D eigenvalue weighted by Crippen LogP contribution is 2.24. The number of thioether (sulfide) groups is 1. The standard InChI is InChI=1S/C18H24N4OS/c1-15(14-22-9-5-8-19-22)20-18(23)17(16-6-3-2-4-7-16)21-10-12-24-13-11-21/h2-9,15,17H,10-14H2,1H3,(H,20,23)/t15-,17+/m0/s1. The summed E-state index contributed by atoms with van der Waals surface area (Å²) in [5.41, 5.74) is 1.06. The average molecular weight is 344 g/mol. The van der Waals surface area contributed by atoms with Gasteiger partial charge in [-0.1, -0.05) is 30.3 Å². The number of rotatable bonds is 6. The second kappa shape index (κ2) is 8.35. The molecule has 0 radical (unpaired) electrons. The van der Waals surface area contributed by atoms with E-state index in [1.54, 1.807) is 6.20 Å². The molecule has 0 aliphatic carbocycles. The predicted molar refractivity (Wildman–Crippen MR) is 97.9 cm³/mol. The first kappa shape index (κ1) is 17.0. The Bertz CT molecular complexity index is 626. The van der Waals surface area contributed by atoms with E-state index in [0.717, 1.165) is 30.2 Å². The second-order valence-corrected chi connectivity index (χ2v) is 7.32. The molecule has 1 aliphatic rings. The lowest BCUT2D eigenvalue weighted by atomic mass is 10.0. The summed E-state index contributed by atoms with van der Waals surface area (Å²) < 4.78 is 1.85. The first-order chi connectivity index (χ1) is 11.7. The fourth-order valence-electron chi connectivity index (χ4n) is 3.06. The molecule has 2 aromatic rings. The number of carbonyl (C=O) groups is 1. The minimum absolute atomic E-state index is 0.0303. The van der Waals surface area contributed by atoms with Crippen LogP contribution in [0.2, 0.25) is 0 Å². The Morgan fingerprint density at radius 3 is 2.67 bits per heavy atom. The van der Waals surface area contributed by atoms with Crippen LogP contribution >= 0.6 is 11.8 Å². The molecular weight excluding hydrogens is 320 g/mol. The van der Waals surface area contributed by atoms with Gasteiger partial charge in [-0.05, 0) is 18.6 Å². The molecule has 128 valence electrons. The molecule has 6 heteroatoms. The van der Waals surface area contributed by atoms with E-state index in [-0.39, 0.29) is 18.0 Å². The van der Waals surface area contributed by atoms with E-state index in [1.807, 2.05) is 66.0 Å². The second-order valence-electron chi connectivity index (χ2n) is 6.10. The molecule has 0 unspecified atom stereocenters. The van der Waals surface area contributed by atoms with Crippen molar-refractivity contribution >= 4 is 17.7 Å². The molecule has 1 N–H and O–H groups in total. The quantitative estimate of drug-likeness (QED) is 0.873. The molecule has 1 aromatic heterocycles. The van der Waals surface area contributed by atoms with Crippen molar-refractivity contribution in [2.75, 3.05) is 24.6 Å². The lowest BCUT2D eigenvalue weighted by Crippen LogP contribution is -2.47. The third-order valence-electron chi connectivity index (χ3n) is 4.18. The summed E-state index contributed by atoms with van der Waals surface area (Å²) >= 11 is 1.95. The molecule has 1 aromatic carbocycles. The van der Waals surface area contributed by atoms with Gasteiger partial charge in [0, 0.05) is 43.0 Å². The van der Waals surface area contributed by atoms with E-state index in [0.29, 0.717) is 6.54 Å². The van der Waals surface area contributed by atoms with Gasteiger partial charge in [0.1, 0.15) is 6.04 Å². The summed E-state index contributed by atoms with van der Waals surface area (Å²) in [6.45, 7) is 4.60. The lowest BCUT2D eigenvalue weighted by Gasteiger charge is -2.34. The van der Waals surface area contributed by atoms with E-state index in [2.05, 4.69) is 15.3 Å². The van der Waals surface area contributed by atoms with E-state index in [9.17, 15) is 4.79 Å². The molecule has 0 bridgehead atoms. The minimum Gasteiger partial charge on any atom is -0.350 e. The van der Waals surface area contributed by atoms with Gasteiger partial charge in [0.05, 0.1) is 6.54 Å². The Hall–Kier alpha value is -1.79. The third-order valence-corrected chi connectivity index (χ3v) is 5.13. The van der Waals surface area contributed by atoms with Crippen LogP contribution in [0.1, 0.15) is 18.5 Å². The number of amides is 1. The summed E-state index contributed by atoms with van der Waals surface area (Å²) in [7, 11) is 0. The highest BCUT2D eigenvalue weighted by molar-refractivity contribution is 7.99. The van der Waals surface area contributed by atoms with Gasteiger partial charge < -0.3 is 5.32 Å². The van der Waals surface area contributed by atoms with Gasteiger partial charge in [-0.2, -0.15) is 16.9 Å². The van der Waals surface area contributed by atoms with Crippen molar-refractivity contribution in [2.45, 2.75) is 25.6 Å². The monoisotopic (exact) mass is 344 g/mol. The SMILES string of the molecule is C[C@@H](Cn1cccn1)NC(=O)[C@@H](c1ccccc1)N1CCSCC1. The predicted octanol–water partition coefficient (Wildman–Crippen LogP) is 2.18. The summed E-state index contributed by atoms with van der Waals surface area (Å²) in [6, 6.07) is 11.8. The normalized spacial score (nSPS) is 18.0. The van der Waals surface area contributed by atoms with Crippen molar-refractivity contribution in [3.63, 3.8) is 0 Å². The van der Waals surface area contributed by atoms with Crippen LogP contribution in [0, 0.1) is 0 Å². The summed E-state index contributed by atoms with van der Waals surface area (Å²) in [6.07, 6.45) is 3.67. The molecule has 1 saturated heterocycles. The van der Waals surface area contributed by atoms with E-state index in [4.69, 9.17) is 0 Å². The molecule has 5 nitrogen and oxygen atoms in total. The number of benzene rings is 1. The van der Waals surface area contributed by atoms with Crippen molar-refractivity contribution in [3.8, 4) is 0 Å². The number of hydrogen-bond donors (Lipinski definition) is 1. The number of aromatic nitrogens is 2. The van der Waals surface area contributed by atoms with Gasteiger partial charge in [-0.15, -0.1) is 0 Å². The van der Waals surface area contributed by atoms with Crippen LogP contribution in [-0.4, -0.2) is 51.2 Å². The Labute approximate surface area is 147 Å². The van der Waals surface area contributed by atoms with Crippen LogP contribution in [0.3, 0.4) is 0 Å². The maximum Gasteiger partial charge on any atom is 0.242 e. The summed E-state index contributed by atoms with van der Waals surface area (Å²) in [4.78, 5) is 15.3. The van der Waals surface area contributed by atoms with Crippen molar-refractivity contribution < 1.29 is 4.79 Å². The Morgan fingerprint density at radius 1 is 1.25 bits per heavy atom.